The van der Waals surface area contributed by atoms with Crippen molar-refractivity contribution in [2.24, 2.45) is 0 Å². The average molecular weight is 335 g/mol. The molecule has 3 rings (SSSR count). The molecule has 1 nitrogen and oxygen atoms in total. The molecule has 0 unspecified atom stereocenters. The summed E-state index contributed by atoms with van der Waals surface area (Å²) in [6.07, 6.45) is 2.05. The molecular weight excluding hydrogens is 316 g/mol. The van der Waals surface area contributed by atoms with E-state index < -0.39 is 0 Å². The molecule has 0 spiro atoms. The van der Waals surface area contributed by atoms with Gasteiger partial charge in [0.2, 0.25) is 0 Å². The Hall–Kier alpha value is -2.78. The molecule has 0 aromatic heterocycles. The Kier molecular flexibility index (Phi) is 5.70. The van der Waals surface area contributed by atoms with E-state index in [4.69, 9.17) is 0 Å². The molecule has 3 aromatic carbocycles. The number of halogens is 2. The predicted molar refractivity (Wildman–Crippen MR) is 98.0 cm³/mol. The van der Waals surface area contributed by atoms with E-state index in [9.17, 15) is 8.78 Å². The van der Waals surface area contributed by atoms with Gasteiger partial charge < -0.3 is 5.32 Å². The molecule has 0 fully saturated rings. The lowest BCUT2D eigenvalue weighted by atomic mass is 9.97. The van der Waals surface area contributed by atoms with Crippen molar-refractivity contribution in [3.05, 3.63) is 113 Å². The topological polar surface area (TPSA) is 12.0 Å². The molecule has 0 saturated heterocycles. The monoisotopic (exact) mass is 335 g/mol. The van der Waals surface area contributed by atoms with Gasteiger partial charge in [0.1, 0.15) is 11.6 Å². The van der Waals surface area contributed by atoms with Crippen LogP contribution < -0.4 is 5.32 Å². The zero-order valence-electron chi connectivity index (χ0n) is 13.8. The van der Waals surface area contributed by atoms with E-state index in [1.54, 1.807) is 24.3 Å². The number of rotatable bonds is 6. The molecule has 0 aliphatic heterocycles. The molecule has 126 valence electrons. The largest absolute Gasteiger partial charge is 0.309 e. The SMILES string of the molecule is Fc1ccc(C(=CCNCc2ccccc2)c2ccc(F)cc2)cc1. The second-order valence-corrected chi connectivity index (χ2v) is 5.75. The molecule has 0 aliphatic carbocycles. The van der Waals surface area contributed by atoms with Crippen LogP contribution in [0.25, 0.3) is 5.57 Å². The van der Waals surface area contributed by atoms with Gasteiger partial charge in [-0.25, -0.2) is 8.78 Å². The van der Waals surface area contributed by atoms with E-state index in [0.717, 1.165) is 23.2 Å². The van der Waals surface area contributed by atoms with Crippen LogP contribution in [-0.2, 0) is 6.54 Å². The summed E-state index contributed by atoms with van der Waals surface area (Å²) in [7, 11) is 0. The molecular formula is C22H19F2N. The van der Waals surface area contributed by atoms with Gasteiger partial charge in [0.05, 0.1) is 0 Å². The minimum Gasteiger partial charge on any atom is -0.309 e. The molecule has 0 saturated carbocycles. The lowest BCUT2D eigenvalue weighted by molar-refractivity contribution is 0.627. The molecule has 0 heterocycles. The van der Waals surface area contributed by atoms with E-state index in [0.29, 0.717) is 6.54 Å². The Labute approximate surface area is 146 Å². The second-order valence-electron chi connectivity index (χ2n) is 5.75. The highest BCUT2D eigenvalue weighted by molar-refractivity contribution is 5.79. The number of hydrogen-bond donors (Lipinski definition) is 1. The summed E-state index contributed by atoms with van der Waals surface area (Å²) in [5.74, 6) is -0.547. The lowest BCUT2D eigenvalue weighted by Crippen LogP contribution is -2.13. The number of hydrogen-bond acceptors (Lipinski definition) is 1. The van der Waals surface area contributed by atoms with Crippen LogP contribution in [0.1, 0.15) is 16.7 Å². The van der Waals surface area contributed by atoms with Crippen molar-refractivity contribution in [2.45, 2.75) is 6.54 Å². The fourth-order valence-electron chi connectivity index (χ4n) is 2.65. The van der Waals surface area contributed by atoms with Crippen LogP contribution in [0.3, 0.4) is 0 Å². The van der Waals surface area contributed by atoms with Gasteiger partial charge in [0.25, 0.3) is 0 Å². The molecule has 0 radical (unpaired) electrons. The summed E-state index contributed by atoms with van der Waals surface area (Å²) in [5.41, 5.74) is 3.95. The van der Waals surface area contributed by atoms with Crippen molar-refractivity contribution in [3.8, 4) is 0 Å². The molecule has 3 aromatic rings. The quantitative estimate of drug-likeness (QED) is 0.612. The van der Waals surface area contributed by atoms with E-state index in [2.05, 4.69) is 17.4 Å². The second kappa shape index (κ2) is 8.36. The molecule has 0 atom stereocenters. The van der Waals surface area contributed by atoms with Gasteiger partial charge in [-0.2, -0.15) is 0 Å². The first-order valence-corrected chi connectivity index (χ1v) is 8.19. The summed E-state index contributed by atoms with van der Waals surface area (Å²) < 4.78 is 26.4. The van der Waals surface area contributed by atoms with Gasteiger partial charge in [0.15, 0.2) is 0 Å². The fraction of sp³-hybridized carbons (Fsp3) is 0.0909. The maximum atomic E-state index is 13.2. The third-order valence-corrected chi connectivity index (χ3v) is 3.93. The zero-order valence-corrected chi connectivity index (χ0v) is 13.8. The maximum absolute atomic E-state index is 13.2. The molecule has 1 N–H and O–H groups in total. The van der Waals surface area contributed by atoms with Crippen molar-refractivity contribution in [3.63, 3.8) is 0 Å². The third kappa shape index (κ3) is 4.85. The highest BCUT2D eigenvalue weighted by atomic mass is 19.1. The summed E-state index contributed by atoms with van der Waals surface area (Å²) in [6, 6.07) is 22.8. The first-order chi connectivity index (χ1) is 12.2. The van der Waals surface area contributed by atoms with Gasteiger partial charge >= 0.3 is 0 Å². The van der Waals surface area contributed by atoms with Crippen LogP contribution in [-0.4, -0.2) is 6.54 Å². The maximum Gasteiger partial charge on any atom is 0.123 e. The van der Waals surface area contributed by atoms with Crippen LogP contribution in [0.2, 0.25) is 0 Å². The Morgan fingerprint density at radius 3 is 1.76 bits per heavy atom. The van der Waals surface area contributed by atoms with Gasteiger partial charge in [-0.05, 0) is 46.5 Å². The van der Waals surface area contributed by atoms with E-state index in [1.165, 1.54) is 29.8 Å². The van der Waals surface area contributed by atoms with Crippen molar-refractivity contribution in [2.75, 3.05) is 6.54 Å². The zero-order chi connectivity index (χ0) is 17.5. The van der Waals surface area contributed by atoms with Crippen LogP contribution in [0.15, 0.2) is 84.9 Å². The Morgan fingerprint density at radius 1 is 0.720 bits per heavy atom. The molecule has 0 amide bonds. The summed E-state index contributed by atoms with van der Waals surface area (Å²) in [5, 5.41) is 3.37. The Bertz CT molecular complexity index is 775. The van der Waals surface area contributed by atoms with Gasteiger partial charge in [0, 0.05) is 13.1 Å². The number of nitrogens with one attached hydrogen (secondary N) is 1. The standard InChI is InChI=1S/C22H19F2N/c23-20-10-6-18(7-11-20)22(19-8-12-21(24)13-9-19)14-15-25-16-17-4-2-1-3-5-17/h1-14,25H,15-16H2. The normalized spacial score (nSPS) is 10.5. The fourth-order valence-corrected chi connectivity index (χ4v) is 2.65. The molecule has 25 heavy (non-hydrogen) atoms. The van der Waals surface area contributed by atoms with Crippen LogP contribution in [0, 0.1) is 11.6 Å². The van der Waals surface area contributed by atoms with Crippen LogP contribution >= 0.6 is 0 Å². The highest BCUT2D eigenvalue weighted by Gasteiger charge is 2.05. The van der Waals surface area contributed by atoms with Crippen molar-refractivity contribution < 1.29 is 8.78 Å². The number of benzene rings is 3. The minimum absolute atomic E-state index is 0.274. The minimum atomic E-state index is -0.274. The van der Waals surface area contributed by atoms with Gasteiger partial charge in [-0.1, -0.05) is 60.7 Å². The first kappa shape index (κ1) is 17.1. The van der Waals surface area contributed by atoms with Crippen LogP contribution in [0.5, 0.6) is 0 Å². The Morgan fingerprint density at radius 2 is 1.24 bits per heavy atom. The smallest absolute Gasteiger partial charge is 0.123 e. The summed E-state index contributed by atoms with van der Waals surface area (Å²) in [6.45, 7) is 1.41. The van der Waals surface area contributed by atoms with Crippen molar-refractivity contribution >= 4 is 5.57 Å². The third-order valence-electron chi connectivity index (χ3n) is 3.93. The van der Waals surface area contributed by atoms with Crippen molar-refractivity contribution in [1.29, 1.82) is 0 Å². The van der Waals surface area contributed by atoms with E-state index in [1.807, 2.05) is 24.3 Å². The van der Waals surface area contributed by atoms with Crippen LogP contribution in [0.4, 0.5) is 8.78 Å². The first-order valence-electron chi connectivity index (χ1n) is 8.19. The average Bonchev–Trinajstić information content (AvgIpc) is 2.65. The van der Waals surface area contributed by atoms with E-state index in [-0.39, 0.29) is 11.6 Å². The summed E-state index contributed by atoms with van der Waals surface area (Å²) in [4.78, 5) is 0. The molecule has 0 bridgehead atoms. The van der Waals surface area contributed by atoms with Gasteiger partial charge in [-0.15, -0.1) is 0 Å². The predicted octanol–water partition coefficient (Wildman–Crippen LogP) is 5.19. The highest BCUT2D eigenvalue weighted by Crippen LogP contribution is 2.23. The van der Waals surface area contributed by atoms with Gasteiger partial charge in [-0.3, -0.25) is 0 Å². The summed E-state index contributed by atoms with van der Waals surface area (Å²) >= 11 is 0. The lowest BCUT2D eigenvalue weighted by Gasteiger charge is -2.10. The molecule has 3 heteroatoms. The Balaban J connectivity index is 1.78. The van der Waals surface area contributed by atoms with Crippen molar-refractivity contribution in [1.82, 2.24) is 5.32 Å². The van der Waals surface area contributed by atoms with E-state index >= 15 is 0 Å². The molecule has 0 aliphatic rings.